The number of para-hydroxylation sites is 1. The van der Waals surface area contributed by atoms with Gasteiger partial charge in [-0.25, -0.2) is 0 Å². The van der Waals surface area contributed by atoms with E-state index in [0.717, 1.165) is 37.5 Å². The molecule has 116 valence electrons. The summed E-state index contributed by atoms with van der Waals surface area (Å²) in [6.07, 6.45) is 4.48. The van der Waals surface area contributed by atoms with Crippen LogP contribution in [0.1, 0.15) is 38.2 Å². The third kappa shape index (κ3) is 3.71. The second-order valence-electron chi connectivity index (χ2n) is 6.47. The highest BCUT2D eigenvalue weighted by atomic mass is 35.5. The predicted octanol–water partition coefficient (Wildman–Crippen LogP) is 3.19. The van der Waals surface area contributed by atoms with Gasteiger partial charge < -0.3 is 15.3 Å². The van der Waals surface area contributed by atoms with Crippen molar-refractivity contribution in [3.05, 3.63) is 28.8 Å². The third-order valence-corrected chi connectivity index (χ3v) is 5.07. The van der Waals surface area contributed by atoms with Crippen molar-refractivity contribution in [2.24, 2.45) is 5.92 Å². The van der Waals surface area contributed by atoms with Gasteiger partial charge in [0.25, 0.3) is 0 Å². The molecule has 1 aliphatic carbocycles. The zero-order valence-corrected chi connectivity index (χ0v) is 13.4. The first-order valence-corrected chi connectivity index (χ1v) is 8.46. The molecule has 3 rings (SSSR count). The molecule has 0 aromatic heterocycles. The number of hydrogen-bond acceptors (Lipinski definition) is 3. The van der Waals surface area contributed by atoms with Crippen LogP contribution >= 0.6 is 11.6 Å². The molecular weight excluding hydrogens is 284 g/mol. The van der Waals surface area contributed by atoms with E-state index in [9.17, 15) is 5.11 Å². The lowest BCUT2D eigenvalue weighted by atomic mass is 9.91. The van der Waals surface area contributed by atoms with Crippen LogP contribution in [-0.4, -0.2) is 30.3 Å². The quantitative estimate of drug-likeness (QED) is 0.877. The summed E-state index contributed by atoms with van der Waals surface area (Å²) >= 11 is 6.47. The van der Waals surface area contributed by atoms with Gasteiger partial charge >= 0.3 is 0 Å². The Kier molecular flexibility index (Phi) is 4.72. The van der Waals surface area contributed by atoms with Gasteiger partial charge in [0.1, 0.15) is 0 Å². The predicted molar refractivity (Wildman–Crippen MR) is 87.9 cm³/mol. The van der Waals surface area contributed by atoms with Crippen LogP contribution in [-0.2, 0) is 6.54 Å². The molecule has 1 aromatic carbocycles. The monoisotopic (exact) mass is 308 g/mol. The van der Waals surface area contributed by atoms with Crippen molar-refractivity contribution in [3.63, 3.8) is 0 Å². The van der Waals surface area contributed by atoms with E-state index in [1.807, 2.05) is 19.1 Å². The number of hydrogen-bond donors (Lipinski definition) is 2. The molecule has 2 N–H and O–H groups in total. The molecule has 0 bridgehead atoms. The zero-order valence-electron chi connectivity index (χ0n) is 12.7. The van der Waals surface area contributed by atoms with Gasteiger partial charge in [0, 0.05) is 25.7 Å². The summed E-state index contributed by atoms with van der Waals surface area (Å²) in [7, 11) is 0. The highest BCUT2D eigenvalue weighted by Crippen LogP contribution is 2.34. The maximum atomic E-state index is 9.74. The minimum atomic E-state index is -0.200. The molecule has 1 saturated carbocycles. The van der Waals surface area contributed by atoms with Crippen molar-refractivity contribution in [1.82, 2.24) is 5.32 Å². The SMILES string of the molecule is CC(O)C1CCN(c2c(Cl)cccc2CNC2CC2)CC1. The largest absolute Gasteiger partial charge is 0.393 e. The number of anilines is 1. The minimum absolute atomic E-state index is 0.200. The van der Waals surface area contributed by atoms with E-state index >= 15 is 0 Å². The van der Waals surface area contributed by atoms with Crippen LogP contribution in [0.25, 0.3) is 0 Å². The molecule has 0 spiro atoms. The second kappa shape index (κ2) is 6.55. The first-order valence-electron chi connectivity index (χ1n) is 8.09. The van der Waals surface area contributed by atoms with Crippen molar-refractivity contribution in [3.8, 4) is 0 Å². The summed E-state index contributed by atoms with van der Waals surface area (Å²) in [5, 5.41) is 14.2. The summed E-state index contributed by atoms with van der Waals surface area (Å²) in [5.41, 5.74) is 2.49. The van der Waals surface area contributed by atoms with E-state index in [1.165, 1.54) is 24.1 Å². The Bertz CT molecular complexity index is 480. The lowest BCUT2D eigenvalue weighted by Crippen LogP contribution is -2.38. The fourth-order valence-corrected chi connectivity index (χ4v) is 3.52. The number of rotatable bonds is 5. The van der Waals surface area contributed by atoms with Crippen LogP contribution in [0.4, 0.5) is 5.69 Å². The van der Waals surface area contributed by atoms with E-state index in [0.29, 0.717) is 12.0 Å². The van der Waals surface area contributed by atoms with E-state index in [4.69, 9.17) is 11.6 Å². The molecule has 21 heavy (non-hydrogen) atoms. The first-order chi connectivity index (χ1) is 10.1. The first kappa shape index (κ1) is 15.1. The molecule has 1 unspecified atom stereocenters. The van der Waals surface area contributed by atoms with Crippen molar-refractivity contribution >= 4 is 17.3 Å². The summed E-state index contributed by atoms with van der Waals surface area (Å²) in [6.45, 7) is 4.77. The fourth-order valence-electron chi connectivity index (χ4n) is 3.20. The lowest BCUT2D eigenvalue weighted by Gasteiger charge is -2.36. The van der Waals surface area contributed by atoms with E-state index in [-0.39, 0.29) is 6.10 Å². The maximum absolute atomic E-state index is 9.74. The van der Waals surface area contributed by atoms with Gasteiger partial charge in [0.2, 0.25) is 0 Å². The number of benzene rings is 1. The molecule has 2 fully saturated rings. The normalized spacial score (nSPS) is 21.6. The minimum Gasteiger partial charge on any atom is -0.393 e. The number of piperidine rings is 1. The van der Waals surface area contributed by atoms with Crippen LogP contribution in [0.3, 0.4) is 0 Å². The van der Waals surface area contributed by atoms with Crippen LogP contribution < -0.4 is 10.2 Å². The van der Waals surface area contributed by atoms with Crippen LogP contribution in [0.15, 0.2) is 18.2 Å². The van der Waals surface area contributed by atoms with Gasteiger partial charge in [0.05, 0.1) is 16.8 Å². The number of aliphatic hydroxyl groups is 1. The van der Waals surface area contributed by atoms with E-state index in [1.54, 1.807) is 0 Å². The van der Waals surface area contributed by atoms with Gasteiger partial charge in [-0.1, -0.05) is 23.7 Å². The molecule has 1 heterocycles. The summed E-state index contributed by atoms with van der Waals surface area (Å²) in [4.78, 5) is 2.39. The fraction of sp³-hybridized carbons (Fsp3) is 0.647. The Morgan fingerprint density at radius 1 is 1.29 bits per heavy atom. The lowest BCUT2D eigenvalue weighted by molar-refractivity contribution is 0.110. The van der Waals surface area contributed by atoms with Crippen molar-refractivity contribution in [2.45, 2.75) is 51.3 Å². The van der Waals surface area contributed by atoms with Gasteiger partial charge in [-0.2, -0.15) is 0 Å². The molecular formula is C17H25ClN2O. The van der Waals surface area contributed by atoms with Crippen molar-refractivity contribution in [2.75, 3.05) is 18.0 Å². The Morgan fingerprint density at radius 2 is 2.00 bits per heavy atom. The smallest absolute Gasteiger partial charge is 0.0642 e. The summed E-state index contributed by atoms with van der Waals surface area (Å²) < 4.78 is 0. The zero-order chi connectivity index (χ0) is 14.8. The molecule has 1 saturated heterocycles. The van der Waals surface area contributed by atoms with Gasteiger partial charge in [-0.15, -0.1) is 0 Å². The average Bonchev–Trinajstić information content (AvgIpc) is 3.29. The molecule has 1 atom stereocenters. The Balaban J connectivity index is 1.71. The Morgan fingerprint density at radius 3 is 2.62 bits per heavy atom. The molecule has 4 heteroatoms. The number of aliphatic hydroxyl groups excluding tert-OH is 1. The highest BCUT2D eigenvalue weighted by molar-refractivity contribution is 6.33. The van der Waals surface area contributed by atoms with Crippen LogP contribution in [0.5, 0.6) is 0 Å². The Hall–Kier alpha value is -0.770. The molecule has 0 radical (unpaired) electrons. The number of nitrogens with one attached hydrogen (secondary N) is 1. The van der Waals surface area contributed by atoms with Crippen molar-refractivity contribution in [1.29, 1.82) is 0 Å². The summed E-state index contributed by atoms with van der Waals surface area (Å²) in [5.74, 6) is 0.428. The standard InChI is InChI=1S/C17H25ClN2O/c1-12(21)13-7-9-20(10-8-13)17-14(3-2-4-16(17)18)11-19-15-5-6-15/h2-4,12-13,15,19,21H,5-11H2,1H3. The number of nitrogens with zero attached hydrogens (tertiary/aromatic N) is 1. The molecule has 1 aliphatic heterocycles. The van der Waals surface area contributed by atoms with Gasteiger partial charge in [-0.05, 0) is 50.2 Å². The topological polar surface area (TPSA) is 35.5 Å². The van der Waals surface area contributed by atoms with Crippen LogP contribution in [0.2, 0.25) is 5.02 Å². The maximum Gasteiger partial charge on any atom is 0.0642 e. The van der Waals surface area contributed by atoms with Crippen molar-refractivity contribution < 1.29 is 5.11 Å². The number of halogens is 1. The van der Waals surface area contributed by atoms with E-state index in [2.05, 4.69) is 16.3 Å². The molecule has 3 nitrogen and oxygen atoms in total. The van der Waals surface area contributed by atoms with E-state index < -0.39 is 0 Å². The molecule has 2 aliphatic rings. The average molecular weight is 309 g/mol. The molecule has 0 amide bonds. The Labute approximate surface area is 132 Å². The van der Waals surface area contributed by atoms with Gasteiger partial charge in [0.15, 0.2) is 0 Å². The highest BCUT2D eigenvalue weighted by Gasteiger charge is 2.26. The second-order valence-corrected chi connectivity index (χ2v) is 6.88. The van der Waals surface area contributed by atoms with Gasteiger partial charge in [-0.3, -0.25) is 0 Å². The summed E-state index contributed by atoms with van der Waals surface area (Å²) in [6, 6.07) is 6.91. The van der Waals surface area contributed by atoms with Crippen LogP contribution in [0, 0.1) is 5.92 Å². The molecule has 1 aromatic rings. The third-order valence-electron chi connectivity index (χ3n) is 4.77.